The normalized spacial score (nSPS) is 14.6. The van der Waals surface area contributed by atoms with Gasteiger partial charge >= 0.3 is 0 Å². The zero-order valence-electron chi connectivity index (χ0n) is 31.6. The molecule has 272 valence electrons. The minimum atomic E-state index is -0.458. The van der Waals surface area contributed by atoms with E-state index in [9.17, 15) is 0 Å². The first-order valence-corrected chi connectivity index (χ1v) is 20.8. The number of hydrogen-bond acceptors (Lipinski definition) is 3. The molecule has 0 amide bonds. The highest BCUT2D eigenvalue weighted by Crippen LogP contribution is 2.64. The van der Waals surface area contributed by atoms with Gasteiger partial charge in [-0.2, -0.15) is 0 Å². The molecule has 1 atom stereocenters. The van der Waals surface area contributed by atoms with Gasteiger partial charge in [-0.25, -0.2) is 0 Å². The third kappa shape index (κ3) is 4.71. The van der Waals surface area contributed by atoms with Crippen LogP contribution in [0.3, 0.4) is 0 Å². The molecule has 0 saturated carbocycles. The number of fused-ring (bicyclic) bond motifs is 13. The molecule has 0 fully saturated rings. The third-order valence-electron chi connectivity index (χ3n) is 12.2. The third-order valence-corrected chi connectivity index (χ3v) is 13.4. The van der Waals surface area contributed by atoms with Gasteiger partial charge in [-0.15, -0.1) is 11.3 Å². The van der Waals surface area contributed by atoms with Crippen molar-refractivity contribution in [3.63, 3.8) is 0 Å². The summed E-state index contributed by atoms with van der Waals surface area (Å²) in [4.78, 5) is 4.83. The van der Waals surface area contributed by atoms with E-state index < -0.39 is 5.41 Å². The quantitative estimate of drug-likeness (QED) is 0.167. The number of rotatable bonds is 6. The Labute approximate surface area is 342 Å². The van der Waals surface area contributed by atoms with E-state index in [-0.39, 0.29) is 0 Å². The average Bonchev–Trinajstić information content (AvgIpc) is 3.92. The monoisotopic (exact) mass is 756 g/mol. The molecule has 9 aromatic carbocycles. The SMILES string of the molecule is c1ccc(N(c2ccccc2)c2ccc3c(c2)-c2ccccc2C32c3ccccc3-c3cc(N(c4ccccc4)c4cccc5sc6ccccc6c45)ccc32)cc1. The van der Waals surface area contributed by atoms with Crippen LogP contribution in [0, 0.1) is 0 Å². The van der Waals surface area contributed by atoms with Crippen molar-refractivity contribution in [1.29, 1.82) is 0 Å². The Balaban J connectivity index is 1.08. The molecule has 0 aliphatic heterocycles. The Morgan fingerprint density at radius 1 is 0.310 bits per heavy atom. The molecule has 0 N–H and O–H groups in total. The summed E-state index contributed by atoms with van der Waals surface area (Å²) in [5.74, 6) is 0. The van der Waals surface area contributed by atoms with Gasteiger partial charge in [0.15, 0.2) is 0 Å². The highest BCUT2D eigenvalue weighted by Gasteiger charge is 2.51. The van der Waals surface area contributed by atoms with Crippen molar-refractivity contribution in [2.24, 2.45) is 0 Å². The van der Waals surface area contributed by atoms with E-state index in [1.165, 1.54) is 70.4 Å². The highest BCUT2D eigenvalue weighted by atomic mass is 32.1. The molecule has 12 rings (SSSR count). The predicted octanol–water partition coefficient (Wildman–Crippen LogP) is 15.3. The van der Waals surface area contributed by atoms with Crippen LogP contribution in [0.1, 0.15) is 22.3 Å². The molecular weight excluding hydrogens is 721 g/mol. The minimum Gasteiger partial charge on any atom is -0.310 e. The van der Waals surface area contributed by atoms with E-state index in [4.69, 9.17) is 0 Å². The summed E-state index contributed by atoms with van der Waals surface area (Å²) >= 11 is 1.86. The Morgan fingerprint density at radius 2 is 0.759 bits per heavy atom. The number of nitrogens with zero attached hydrogens (tertiary/aromatic N) is 2. The second-order valence-corrected chi connectivity index (χ2v) is 16.3. The lowest BCUT2D eigenvalue weighted by Gasteiger charge is -2.32. The fraction of sp³-hybridized carbons (Fsp3) is 0.0182. The van der Waals surface area contributed by atoms with Crippen molar-refractivity contribution in [3.05, 3.63) is 241 Å². The molecule has 58 heavy (non-hydrogen) atoms. The number of hydrogen-bond donors (Lipinski definition) is 0. The first-order chi connectivity index (χ1) is 28.8. The molecule has 1 aromatic heterocycles. The van der Waals surface area contributed by atoms with E-state index in [1.807, 2.05) is 11.3 Å². The zero-order valence-corrected chi connectivity index (χ0v) is 32.4. The number of para-hydroxylation sites is 3. The van der Waals surface area contributed by atoms with Crippen LogP contribution < -0.4 is 9.80 Å². The molecule has 3 heteroatoms. The van der Waals surface area contributed by atoms with Crippen molar-refractivity contribution in [1.82, 2.24) is 0 Å². The molecule has 10 aromatic rings. The standard InChI is InChI=1S/C55H36N2S/c1-4-17-37(18-5-1)56(38-19-6-2-7-20-38)40-31-33-49-45(35-40)42-23-10-13-26-47(42)55(49)48-27-14-11-24-43(48)46-36-41(32-34-50(46)55)57(39-21-8-3-9-22-39)51-28-16-30-53-54(51)44-25-12-15-29-52(44)58-53/h1-36H. The maximum atomic E-state index is 2.46. The Bertz CT molecular complexity index is 3150. The van der Waals surface area contributed by atoms with Crippen molar-refractivity contribution in [2.45, 2.75) is 5.41 Å². The maximum Gasteiger partial charge on any atom is 0.0725 e. The second kappa shape index (κ2) is 12.9. The van der Waals surface area contributed by atoms with Crippen LogP contribution in [0.15, 0.2) is 218 Å². The maximum absolute atomic E-state index is 2.46. The smallest absolute Gasteiger partial charge is 0.0725 e. The van der Waals surface area contributed by atoms with Gasteiger partial charge in [0, 0.05) is 48.6 Å². The molecule has 0 saturated heterocycles. The highest BCUT2D eigenvalue weighted by molar-refractivity contribution is 7.26. The van der Waals surface area contributed by atoms with Crippen molar-refractivity contribution in [2.75, 3.05) is 9.80 Å². The lowest BCUT2D eigenvalue weighted by molar-refractivity contribution is 0.794. The summed E-state index contributed by atoms with van der Waals surface area (Å²) < 4.78 is 2.60. The van der Waals surface area contributed by atoms with Crippen LogP contribution in [0.5, 0.6) is 0 Å². The van der Waals surface area contributed by atoms with Crippen molar-refractivity contribution in [3.8, 4) is 22.3 Å². The van der Waals surface area contributed by atoms with E-state index in [0.717, 1.165) is 28.4 Å². The largest absolute Gasteiger partial charge is 0.310 e. The summed E-state index contributed by atoms with van der Waals surface area (Å²) in [6, 6.07) is 80.4. The average molecular weight is 757 g/mol. The molecule has 2 aliphatic carbocycles. The molecule has 1 unspecified atom stereocenters. The van der Waals surface area contributed by atoms with Gasteiger partial charge in [0.2, 0.25) is 0 Å². The molecule has 1 spiro atoms. The predicted molar refractivity (Wildman–Crippen MR) is 245 cm³/mol. The first-order valence-electron chi connectivity index (χ1n) is 19.9. The van der Waals surface area contributed by atoms with E-state index in [2.05, 4.69) is 228 Å². The van der Waals surface area contributed by atoms with Crippen LogP contribution >= 0.6 is 11.3 Å². The van der Waals surface area contributed by atoms with Crippen LogP contribution in [-0.4, -0.2) is 0 Å². The molecular formula is C55H36N2S. The molecule has 2 nitrogen and oxygen atoms in total. The zero-order chi connectivity index (χ0) is 38.2. The van der Waals surface area contributed by atoms with Gasteiger partial charge in [-0.1, -0.05) is 140 Å². The van der Waals surface area contributed by atoms with E-state index in [0.29, 0.717) is 0 Å². The van der Waals surface area contributed by atoms with Gasteiger partial charge in [-0.3, -0.25) is 0 Å². The van der Waals surface area contributed by atoms with Crippen LogP contribution in [-0.2, 0) is 5.41 Å². The topological polar surface area (TPSA) is 6.48 Å². The Hall–Kier alpha value is -7.20. The molecule has 0 radical (unpaired) electrons. The number of thiophene rings is 1. The van der Waals surface area contributed by atoms with Crippen molar-refractivity contribution >= 4 is 65.6 Å². The van der Waals surface area contributed by atoms with Gasteiger partial charge in [-0.05, 0) is 123 Å². The summed E-state index contributed by atoms with van der Waals surface area (Å²) in [5, 5.41) is 2.58. The summed E-state index contributed by atoms with van der Waals surface area (Å²) in [6.45, 7) is 0. The van der Waals surface area contributed by atoms with Gasteiger partial charge in [0.25, 0.3) is 0 Å². The summed E-state index contributed by atoms with van der Waals surface area (Å²) in [6.07, 6.45) is 0. The Morgan fingerprint density at radius 3 is 1.34 bits per heavy atom. The number of anilines is 6. The molecule has 0 bridgehead atoms. The van der Waals surface area contributed by atoms with Gasteiger partial charge < -0.3 is 9.80 Å². The van der Waals surface area contributed by atoms with Crippen molar-refractivity contribution < 1.29 is 0 Å². The minimum absolute atomic E-state index is 0.458. The lowest BCUT2D eigenvalue weighted by Crippen LogP contribution is -2.26. The Kier molecular flexibility index (Phi) is 7.35. The van der Waals surface area contributed by atoms with E-state index in [1.54, 1.807) is 0 Å². The number of benzene rings is 9. The molecule has 1 heterocycles. The van der Waals surface area contributed by atoms with Crippen LogP contribution in [0.2, 0.25) is 0 Å². The van der Waals surface area contributed by atoms with Crippen LogP contribution in [0.4, 0.5) is 34.1 Å². The van der Waals surface area contributed by atoms with Gasteiger partial charge in [0.1, 0.15) is 0 Å². The summed E-state index contributed by atoms with van der Waals surface area (Å²) in [7, 11) is 0. The summed E-state index contributed by atoms with van der Waals surface area (Å²) in [5.41, 5.74) is 16.9. The van der Waals surface area contributed by atoms with E-state index >= 15 is 0 Å². The fourth-order valence-corrected chi connectivity index (χ4v) is 11.1. The second-order valence-electron chi connectivity index (χ2n) is 15.2. The van der Waals surface area contributed by atoms with Crippen LogP contribution in [0.25, 0.3) is 42.4 Å². The lowest BCUT2D eigenvalue weighted by atomic mass is 9.70. The first kappa shape index (κ1) is 33.0. The fourth-order valence-electron chi connectivity index (χ4n) is 9.95. The molecule has 2 aliphatic rings. The van der Waals surface area contributed by atoms with Gasteiger partial charge in [0.05, 0.1) is 11.1 Å².